The number of benzene rings is 2. The molecule has 10 heteroatoms. The Hall–Kier alpha value is -2.91. The zero-order valence-electron chi connectivity index (χ0n) is 18.5. The molecular formula is C23H26ClN3O5S. The van der Waals surface area contributed by atoms with Crippen molar-refractivity contribution in [3.63, 3.8) is 0 Å². The molecule has 1 unspecified atom stereocenters. The molecule has 1 heterocycles. The molecule has 0 spiro atoms. The number of carbonyl (C=O) groups excluding carboxylic acids is 3. The first-order valence-corrected chi connectivity index (χ1v) is 12.5. The van der Waals surface area contributed by atoms with Crippen LogP contribution in [0.1, 0.15) is 42.6 Å². The first-order chi connectivity index (χ1) is 15.7. The van der Waals surface area contributed by atoms with Crippen LogP contribution in [0.15, 0.2) is 53.4 Å². The van der Waals surface area contributed by atoms with Gasteiger partial charge in [0.25, 0.3) is 15.9 Å². The molecule has 0 radical (unpaired) electrons. The van der Waals surface area contributed by atoms with Crippen LogP contribution in [0.25, 0.3) is 0 Å². The predicted octanol–water partition coefficient (Wildman–Crippen LogP) is 2.82. The van der Waals surface area contributed by atoms with E-state index >= 15 is 0 Å². The fraction of sp³-hybridized carbons (Fsp3) is 0.348. The molecular weight excluding hydrogens is 466 g/mol. The van der Waals surface area contributed by atoms with Crippen LogP contribution in [-0.2, 0) is 26.2 Å². The summed E-state index contributed by atoms with van der Waals surface area (Å²) in [5.74, 6) is -1.73. The minimum Gasteiger partial charge on any atom is -0.354 e. The third kappa shape index (κ3) is 5.20. The van der Waals surface area contributed by atoms with Crippen molar-refractivity contribution in [3.8, 4) is 0 Å². The zero-order chi connectivity index (χ0) is 24.2. The van der Waals surface area contributed by atoms with E-state index in [9.17, 15) is 22.8 Å². The number of fused-ring (bicyclic) bond motifs is 1. The van der Waals surface area contributed by atoms with E-state index in [1.165, 1.54) is 23.1 Å². The molecule has 33 heavy (non-hydrogen) atoms. The van der Waals surface area contributed by atoms with Gasteiger partial charge < -0.3 is 10.2 Å². The quantitative estimate of drug-likeness (QED) is 0.581. The van der Waals surface area contributed by atoms with Crippen LogP contribution in [0, 0.1) is 0 Å². The molecule has 0 aliphatic carbocycles. The second kappa shape index (κ2) is 10.4. The second-order valence-corrected chi connectivity index (χ2v) is 9.94. The van der Waals surface area contributed by atoms with E-state index in [0.717, 1.165) is 6.42 Å². The van der Waals surface area contributed by atoms with Crippen molar-refractivity contribution in [2.75, 3.05) is 13.1 Å². The minimum atomic E-state index is -4.15. The molecule has 8 nitrogen and oxygen atoms in total. The van der Waals surface area contributed by atoms with E-state index in [1.807, 2.05) is 6.92 Å². The maximum Gasteiger partial charge on any atom is 0.269 e. The van der Waals surface area contributed by atoms with Crippen LogP contribution < -0.4 is 5.32 Å². The smallest absolute Gasteiger partial charge is 0.269 e. The molecule has 2 aromatic rings. The topological polar surface area (TPSA) is 104 Å². The Morgan fingerprint density at radius 2 is 1.76 bits per heavy atom. The molecule has 176 valence electrons. The average Bonchev–Trinajstić information content (AvgIpc) is 2.99. The Labute approximate surface area is 198 Å². The molecule has 2 aromatic carbocycles. The third-order valence-corrected chi connectivity index (χ3v) is 7.43. The molecule has 1 aliphatic heterocycles. The van der Waals surface area contributed by atoms with Gasteiger partial charge in [-0.3, -0.25) is 14.4 Å². The van der Waals surface area contributed by atoms with Crippen LogP contribution in [0.5, 0.6) is 0 Å². The molecule has 3 rings (SSSR count). The van der Waals surface area contributed by atoms with Crippen LogP contribution in [0.3, 0.4) is 0 Å². The number of hydrogen-bond acceptors (Lipinski definition) is 5. The highest BCUT2D eigenvalue weighted by Crippen LogP contribution is 2.30. The molecule has 3 amide bonds. The molecule has 1 atom stereocenters. The summed E-state index contributed by atoms with van der Waals surface area (Å²) in [6, 6.07) is 11.8. The van der Waals surface area contributed by atoms with E-state index < -0.39 is 34.4 Å². The highest BCUT2D eigenvalue weighted by Gasteiger charge is 2.43. The lowest BCUT2D eigenvalue weighted by Crippen LogP contribution is -2.52. The number of amides is 3. The Bertz CT molecular complexity index is 1150. The largest absolute Gasteiger partial charge is 0.354 e. The van der Waals surface area contributed by atoms with Crippen LogP contribution >= 0.6 is 11.6 Å². The number of rotatable bonds is 9. The summed E-state index contributed by atoms with van der Waals surface area (Å²) in [4.78, 5) is 40.2. The Kier molecular flexibility index (Phi) is 7.76. The van der Waals surface area contributed by atoms with Crippen molar-refractivity contribution in [3.05, 3.63) is 64.7 Å². The highest BCUT2D eigenvalue weighted by molar-refractivity contribution is 7.90. The van der Waals surface area contributed by atoms with Gasteiger partial charge in [0.1, 0.15) is 17.5 Å². The number of nitrogens with one attached hydrogen (secondary N) is 1. The van der Waals surface area contributed by atoms with Gasteiger partial charge in [-0.15, -0.1) is 0 Å². The van der Waals surface area contributed by atoms with E-state index in [1.54, 1.807) is 37.3 Å². The molecule has 1 N–H and O–H groups in total. The second-order valence-electron chi connectivity index (χ2n) is 7.68. The van der Waals surface area contributed by atoms with Gasteiger partial charge in [0, 0.05) is 18.1 Å². The standard InChI is InChI=1S/C23H26ClN3O5S/c1-3-13-25-22(29)19(4-2)26(14-16-9-11-17(24)12-10-16)21(28)15-27-23(30)18-7-5-6-8-20(18)33(27,31)32/h5-12,19H,3-4,13-15H2,1-2H3,(H,25,29). The molecule has 0 saturated heterocycles. The van der Waals surface area contributed by atoms with Crippen molar-refractivity contribution < 1.29 is 22.8 Å². The van der Waals surface area contributed by atoms with Gasteiger partial charge in [-0.1, -0.05) is 49.7 Å². The Balaban J connectivity index is 1.91. The van der Waals surface area contributed by atoms with Gasteiger partial charge in [0.05, 0.1) is 5.56 Å². The van der Waals surface area contributed by atoms with Gasteiger partial charge in [-0.05, 0) is 42.7 Å². The molecule has 0 bridgehead atoms. The first-order valence-electron chi connectivity index (χ1n) is 10.7. The van der Waals surface area contributed by atoms with Crippen molar-refractivity contribution in [1.29, 1.82) is 0 Å². The zero-order valence-corrected chi connectivity index (χ0v) is 20.0. The lowest BCUT2D eigenvalue weighted by Gasteiger charge is -2.31. The van der Waals surface area contributed by atoms with E-state index in [-0.39, 0.29) is 22.9 Å². The summed E-state index contributed by atoms with van der Waals surface area (Å²) in [6.07, 6.45) is 1.04. The van der Waals surface area contributed by atoms with Crippen molar-refractivity contribution in [1.82, 2.24) is 14.5 Å². The van der Waals surface area contributed by atoms with Gasteiger partial charge in [0.15, 0.2) is 0 Å². The van der Waals surface area contributed by atoms with Crippen LogP contribution in [0.2, 0.25) is 5.02 Å². The molecule has 1 aliphatic rings. The number of nitrogens with zero attached hydrogens (tertiary/aromatic N) is 2. The minimum absolute atomic E-state index is 0.0299. The lowest BCUT2D eigenvalue weighted by atomic mass is 10.1. The maximum absolute atomic E-state index is 13.4. The Morgan fingerprint density at radius 1 is 1.09 bits per heavy atom. The molecule has 0 fully saturated rings. The van der Waals surface area contributed by atoms with Gasteiger partial charge in [-0.2, -0.15) is 0 Å². The lowest BCUT2D eigenvalue weighted by molar-refractivity contribution is -0.141. The van der Waals surface area contributed by atoms with Gasteiger partial charge >= 0.3 is 0 Å². The Morgan fingerprint density at radius 3 is 2.36 bits per heavy atom. The summed E-state index contributed by atoms with van der Waals surface area (Å²) < 4.78 is 26.4. The third-order valence-electron chi connectivity index (χ3n) is 5.39. The number of sulfonamides is 1. The first kappa shape index (κ1) is 24.7. The van der Waals surface area contributed by atoms with Crippen molar-refractivity contribution in [2.45, 2.75) is 44.2 Å². The number of halogens is 1. The monoisotopic (exact) mass is 491 g/mol. The van der Waals surface area contributed by atoms with Crippen LogP contribution in [-0.4, -0.2) is 54.5 Å². The number of carbonyl (C=O) groups is 3. The van der Waals surface area contributed by atoms with Crippen molar-refractivity contribution in [2.24, 2.45) is 0 Å². The van der Waals surface area contributed by atoms with Crippen molar-refractivity contribution >= 4 is 39.3 Å². The summed E-state index contributed by atoms with van der Waals surface area (Å²) in [5.41, 5.74) is 0.746. The van der Waals surface area contributed by atoms with E-state index in [0.29, 0.717) is 27.9 Å². The average molecular weight is 492 g/mol. The SMILES string of the molecule is CCCNC(=O)C(CC)N(Cc1ccc(Cl)cc1)C(=O)CN1C(=O)c2ccccc2S1(=O)=O. The summed E-state index contributed by atoms with van der Waals surface area (Å²) >= 11 is 5.96. The summed E-state index contributed by atoms with van der Waals surface area (Å²) in [7, 11) is -4.15. The molecule has 0 saturated carbocycles. The van der Waals surface area contributed by atoms with Gasteiger partial charge in [0.2, 0.25) is 11.8 Å². The van der Waals surface area contributed by atoms with E-state index in [2.05, 4.69) is 5.32 Å². The summed E-state index contributed by atoms with van der Waals surface area (Å²) in [5, 5.41) is 3.32. The van der Waals surface area contributed by atoms with Gasteiger partial charge in [-0.25, -0.2) is 12.7 Å². The molecule has 0 aromatic heterocycles. The highest BCUT2D eigenvalue weighted by atomic mass is 35.5. The normalized spacial score (nSPS) is 15.1. The van der Waals surface area contributed by atoms with Crippen LogP contribution in [0.4, 0.5) is 0 Å². The fourth-order valence-electron chi connectivity index (χ4n) is 3.67. The predicted molar refractivity (Wildman–Crippen MR) is 124 cm³/mol. The fourth-order valence-corrected chi connectivity index (χ4v) is 5.32. The number of hydrogen-bond donors (Lipinski definition) is 1. The van der Waals surface area contributed by atoms with E-state index in [4.69, 9.17) is 11.6 Å². The maximum atomic E-state index is 13.4. The summed E-state index contributed by atoms with van der Waals surface area (Å²) in [6.45, 7) is 3.50.